The van der Waals surface area contributed by atoms with Gasteiger partial charge in [0.2, 0.25) is 0 Å². The van der Waals surface area contributed by atoms with Gasteiger partial charge >= 0.3 is 0 Å². The van der Waals surface area contributed by atoms with Crippen LogP contribution >= 0.6 is 0 Å². The van der Waals surface area contributed by atoms with Gasteiger partial charge in [-0.05, 0) is 29.8 Å². The molecule has 4 heteroatoms. The SMILES string of the molecule is O=c1cc(-c2ccccc2O)oc2cc(OCc3ccccc3)ccc12. The minimum atomic E-state index is -0.167. The van der Waals surface area contributed by atoms with Crippen molar-refractivity contribution in [3.8, 4) is 22.8 Å². The summed E-state index contributed by atoms with van der Waals surface area (Å²) in [6.07, 6.45) is 0. The van der Waals surface area contributed by atoms with Crippen LogP contribution in [0.2, 0.25) is 0 Å². The minimum absolute atomic E-state index is 0.0616. The van der Waals surface area contributed by atoms with Crippen LogP contribution in [0.5, 0.6) is 11.5 Å². The van der Waals surface area contributed by atoms with E-state index < -0.39 is 0 Å². The van der Waals surface area contributed by atoms with Crippen LogP contribution in [0.15, 0.2) is 88.1 Å². The maximum absolute atomic E-state index is 12.4. The van der Waals surface area contributed by atoms with Crippen LogP contribution in [-0.4, -0.2) is 5.11 Å². The Morgan fingerprint density at radius 1 is 0.885 bits per heavy atom. The highest BCUT2D eigenvalue weighted by atomic mass is 16.5. The zero-order valence-electron chi connectivity index (χ0n) is 13.9. The second-order valence-corrected chi connectivity index (χ2v) is 5.92. The van der Waals surface area contributed by atoms with Gasteiger partial charge in [-0.25, -0.2) is 0 Å². The van der Waals surface area contributed by atoms with Gasteiger partial charge in [-0.1, -0.05) is 42.5 Å². The van der Waals surface area contributed by atoms with E-state index in [0.717, 1.165) is 5.56 Å². The number of rotatable bonds is 4. The lowest BCUT2D eigenvalue weighted by Gasteiger charge is -2.08. The van der Waals surface area contributed by atoms with Crippen molar-refractivity contribution in [3.05, 3.63) is 94.6 Å². The summed E-state index contributed by atoms with van der Waals surface area (Å²) in [5, 5.41) is 10.5. The minimum Gasteiger partial charge on any atom is -0.507 e. The molecule has 26 heavy (non-hydrogen) atoms. The first kappa shape index (κ1) is 16.0. The van der Waals surface area contributed by atoms with Crippen molar-refractivity contribution >= 4 is 11.0 Å². The summed E-state index contributed by atoms with van der Waals surface area (Å²) in [4.78, 5) is 12.4. The lowest BCUT2D eigenvalue weighted by atomic mass is 10.1. The molecule has 0 aliphatic heterocycles. The second kappa shape index (κ2) is 6.76. The quantitative estimate of drug-likeness (QED) is 0.581. The molecule has 0 atom stereocenters. The Balaban J connectivity index is 1.70. The van der Waals surface area contributed by atoms with Gasteiger partial charge in [0.25, 0.3) is 0 Å². The second-order valence-electron chi connectivity index (χ2n) is 5.92. The lowest BCUT2D eigenvalue weighted by molar-refractivity contribution is 0.306. The lowest BCUT2D eigenvalue weighted by Crippen LogP contribution is -2.01. The van der Waals surface area contributed by atoms with Crippen molar-refractivity contribution in [1.82, 2.24) is 0 Å². The number of hydrogen-bond acceptors (Lipinski definition) is 4. The van der Waals surface area contributed by atoms with Crippen LogP contribution in [0.3, 0.4) is 0 Å². The maximum atomic E-state index is 12.4. The van der Waals surface area contributed by atoms with Gasteiger partial charge in [-0.2, -0.15) is 0 Å². The van der Waals surface area contributed by atoms with E-state index >= 15 is 0 Å². The van der Waals surface area contributed by atoms with Gasteiger partial charge in [-0.3, -0.25) is 4.79 Å². The summed E-state index contributed by atoms with van der Waals surface area (Å²) in [6.45, 7) is 0.426. The van der Waals surface area contributed by atoms with Crippen molar-refractivity contribution in [1.29, 1.82) is 0 Å². The molecule has 3 aromatic carbocycles. The van der Waals surface area contributed by atoms with Gasteiger partial charge in [0, 0.05) is 12.1 Å². The first-order chi connectivity index (χ1) is 12.7. The highest BCUT2D eigenvalue weighted by Gasteiger charge is 2.11. The molecule has 128 valence electrons. The number of phenols is 1. The molecule has 0 aliphatic carbocycles. The van der Waals surface area contributed by atoms with E-state index in [9.17, 15) is 9.90 Å². The monoisotopic (exact) mass is 344 g/mol. The molecule has 0 unspecified atom stereocenters. The third-order valence-corrected chi connectivity index (χ3v) is 4.12. The fourth-order valence-electron chi connectivity index (χ4n) is 2.78. The molecule has 0 spiro atoms. The average Bonchev–Trinajstić information content (AvgIpc) is 2.67. The summed E-state index contributed by atoms with van der Waals surface area (Å²) >= 11 is 0. The summed E-state index contributed by atoms with van der Waals surface area (Å²) in [6, 6.07) is 23.1. The predicted molar refractivity (Wildman–Crippen MR) is 100 cm³/mol. The molecular weight excluding hydrogens is 328 g/mol. The van der Waals surface area contributed by atoms with E-state index in [1.165, 1.54) is 6.07 Å². The van der Waals surface area contributed by atoms with Gasteiger partial charge in [0.05, 0.1) is 10.9 Å². The fourth-order valence-corrected chi connectivity index (χ4v) is 2.78. The number of benzene rings is 3. The summed E-state index contributed by atoms with van der Waals surface area (Å²) in [5.41, 5.74) is 1.78. The smallest absolute Gasteiger partial charge is 0.193 e. The van der Waals surface area contributed by atoms with Gasteiger partial charge in [0.1, 0.15) is 29.4 Å². The Hall–Kier alpha value is -3.53. The van der Waals surface area contributed by atoms with E-state index in [1.807, 2.05) is 30.3 Å². The highest BCUT2D eigenvalue weighted by Crippen LogP contribution is 2.30. The van der Waals surface area contributed by atoms with Gasteiger partial charge in [0.15, 0.2) is 5.43 Å². The van der Waals surface area contributed by atoms with E-state index in [1.54, 1.807) is 42.5 Å². The van der Waals surface area contributed by atoms with Crippen molar-refractivity contribution < 1.29 is 14.3 Å². The number of ether oxygens (including phenoxy) is 1. The van der Waals surface area contributed by atoms with E-state index in [-0.39, 0.29) is 11.2 Å². The summed E-state index contributed by atoms with van der Waals surface area (Å²) in [5.74, 6) is 0.992. The number of hydrogen-bond donors (Lipinski definition) is 1. The molecule has 0 saturated carbocycles. The molecule has 1 heterocycles. The van der Waals surface area contributed by atoms with Crippen LogP contribution in [0, 0.1) is 0 Å². The summed E-state index contributed by atoms with van der Waals surface area (Å²) < 4.78 is 11.7. The predicted octanol–water partition coefficient (Wildman–Crippen LogP) is 4.74. The van der Waals surface area contributed by atoms with Crippen molar-refractivity contribution in [2.24, 2.45) is 0 Å². The first-order valence-corrected chi connectivity index (χ1v) is 8.24. The molecule has 1 aromatic heterocycles. The molecule has 4 rings (SSSR count). The van der Waals surface area contributed by atoms with Crippen molar-refractivity contribution in [3.63, 3.8) is 0 Å². The Labute approximate surface area is 149 Å². The molecule has 4 nitrogen and oxygen atoms in total. The molecule has 4 aromatic rings. The summed E-state index contributed by atoms with van der Waals surface area (Å²) in [7, 11) is 0. The normalized spacial score (nSPS) is 10.8. The molecule has 0 saturated heterocycles. The number of aromatic hydroxyl groups is 1. The van der Waals surface area contributed by atoms with Gasteiger partial charge < -0.3 is 14.3 Å². The molecule has 1 N–H and O–H groups in total. The van der Waals surface area contributed by atoms with Crippen LogP contribution in [0.4, 0.5) is 0 Å². The van der Waals surface area contributed by atoms with Crippen molar-refractivity contribution in [2.45, 2.75) is 6.61 Å². The Bertz CT molecular complexity index is 1110. The Kier molecular flexibility index (Phi) is 4.15. The molecule has 0 radical (unpaired) electrons. The topological polar surface area (TPSA) is 59.7 Å². The average molecular weight is 344 g/mol. The molecule has 0 bridgehead atoms. The number of para-hydroxylation sites is 1. The fraction of sp³-hybridized carbons (Fsp3) is 0.0455. The highest BCUT2D eigenvalue weighted by molar-refractivity contribution is 5.80. The third kappa shape index (κ3) is 3.17. The first-order valence-electron chi connectivity index (χ1n) is 8.24. The van der Waals surface area contributed by atoms with Crippen LogP contribution < -0.4 is 10.2 Å². The van der Waals surface area contributed by atoms with Gasteiger partial charge in [-0.15, -0.1) is 0 Å². The number of fused-ring (bicyclic) bond motifs is 1. The maximum Gasteiger partial charge on any atom is 0.193 e. The molecule has 0 aliphatic rings. The Morgan fingerprint density at radius 3 is 2.46 bits per heavy atom. The van der Waals surface area contributed by atoms with Crippen molar-refractivity contribution in [2.75, 3.05) is 0 Å². The van der Waals surface area contributed by atoms with Crippen LogP contribution in [-0.2, 0) is 6.61 Å². The van der Waals surface area contributed by atoms with E-state index in [0.29, 0.717) is 34.6 Å². The zero-order chi connectivity index (χ0) is 17.9. The van der Waals surface area contributed by atoms with E-state index in [4.69, 9.17) is 9.15 Å². The standard InChI is InChI=1S/C22H16O4/c23-19-9-5-4-8-17(19)22-13-20(24)18-11-10-16(12-21(18)26-22)25-14-15-6-2-1-3-7-15/h1-13,23H,14H2. The molecule has 0 amide bonds. The number of phenolic OH excluding ortho intramolecular Hbond substituents is 1. The van der Waals surface area contributed by atoms with Crippen LogP contribution in [0.1, 0.15) is 5.56 Å². The molecular formula is C22H16O4. The Morgan fingerprint density at radius 2 is 1.65 bits per heavy atom. The van der Waals surface area contributed by atoms with E-state index in [2.05, 4.69) is 0 Å². The third-order valence-electron chi connectivity index (χ3n) is 4.12. The largest absolute Gasteiger partial charge is 0.507 e. The van der Waals surface area contributed by atoms with Crippen LogP contribution in [0.25, 0.3) is 22.3 Å². The molecule has 0 fully saturated rings. The zero-order valence-corrected chi connectivity index (χ0v) is 13.9.